The highest BCUT2D eigenvalue weighted by atomic mass is 16.5. The fraction of sp³-hybridized carbons (Fsp3) is 0.353. The number of hydrogen-bond donors (Lipinski definition) is 2. The fourth-order valence-electron chi connectivity index (χ4n) is 2.98. The number of aromatic nitrogens is 4. The molecule has 0 bridgehead atoms. The highest BCUT2D eigenvalue weighted by Crippen LogP contribution is 2.21. The SMILES string of the molecule is CN(Cc1nc2ccccc2[nH]1)c1cc(N2CCOCC2)nc(N)n1. The highest BCUT2D eigenvalue weighted by Gasteiger charge is 2.16. The van der Waals surface area contributed by atoms with Crippen molar-refractivity contribution in [3.8, 4) is 0 Å². The van der Waals surface area contributed by atoms with E-state index >= 15 is 0 Å². The Kier molecular flexibility index (Phi) is 4.10. The normalized spacial score (nSPS) is 14.8. The van der Waals surface area contributed by atoms with Gasteiger partial charge in [-0.15, -0.1) is 0 Å². The molecule has 0 radical (unpaired) electrons. The van der Waals surface area contributed by atoms with Gasteiger partial charge in [-0.25, -0.2) is 4.98 Å². The van der Waals surface area contributed by atoms with E-state index < -0.39 is 0 Å². The number of H-pyrrole nitrogens is 1. The Morgan fingerprint density at radius 3 is 2.80 bits per heavy atom. The maximum absolute atomic E-state index is 5.93. The minimum Gasteiger partial charge on any atom is -0.378 e. The largest absolute Gasteiger partial charge is 0.378 e. The summed E-state index contributed by atoms with van der Waals surface area (Å²) in [5.41, 5.74) is 7.92. The molecule has 0 spiro atoms. The Morgan fingerprint density at radius 2 is 2.00 bits per heavy atom. The molecule has 8 nitrogen and oxygen atoms in total. The van der Waals surface area contributed by atoms with Crippen molar-refractivity contribution in [3.05, 3.63) is 36.2 Å². The monoisotopic (exact) mass is 339 g/mol. The molecule has 3 N–H and O–H groups in total. The second kappa shape index (κ2) is 6.56. The van der Waals surface area contributed by atoms with E-state index in [1.54, 1.807) is 0 Å². The number of hydrogen-bond acceptors (Lipinski definition) is 7. The topological polar surface area (TPSA) is 96.2 Å². The quantitative estimate of drug-likeness (QED) is 0.742. The van der Waals surface area contributed by atoms with Gasteiger partial charge < -0.3 is 25.3 Å². The molecular formula is C17H21N7O. The molecule has 1 aliphatic rings. The van der Waals surface area contributed by atoms with Crippen molar-refractivity contribution in [2.75, 3.05) is 48.9 Å². The van der Waals surface area contributed by atoms with Gasteiger partial charge in [-0.05, 0) is 12.1 Å². The number of benzene rings is 1. The Bertz CT molecular complexity index is 839. The molecule has 130 valence electrons. The molecule has 1 fully saturated rings. The summed E-state index contributed by atoms with van der Waals surface area (Å²) in [5.74, 6) is 2.76. The van der Waals surface area contributed by atoms with Crippen molar-refractivity contribution in [1.29, 1.82) is 0 Å². The molecule has 4 rings (SSSR count). The number of anilines is 3. The van der Waals surface area contributed by atoms with E-state index in [4.69, 9.17) is 10.5 Å². The van der Waals surface area contributed by atoms with Crippen LogP contribution >= 0.6 is 0 Å². The number of fused-ring (bicyclic) bond motifs is 1. The van der Waals surface area contributed by atoms with E-state index in [1.165, 1.54) is 0 Å². The van der Waals surface area contributed by atoms with Gasteiger partial charge in [0.1, 0.15) is 17.5 Å². The smallest absolute Gasteiger partial charge is 0.223 e. The number of aromatic amines is 1. The first kappa shape index (κ1) is 15.6. The highest BCUT2D eigenvalue weighted by molar-refractivity contribution is 5.74. The second-order valence-corrected chi connectivity index (χ2v) is 6.10. The van der Waals surface area contributed by atoms with Gasteiger partial charge in [0.25, 0.3) is 0 Å². The lowest BCUT2D eigenvalue weighted by Crippen LogP contribution is -2.37. The molecule has 3 heterocycles. The number of nitrogens with one attached hydrogen (secondary N) is 1. The van der Waals surface area contributed by atoms with Crippen LogP contribution in [0.25, 0.3) is 11.0 Å². The summed E-state index contributed by atoms with van der Waals surface area (Å²) in [7, 11) is 1.97. The summed E-state index contributed by atoms with van der Waals surface area (Å²) in [6.45, 7) is 3.63. The van der Waals surface area contributed by atoms with Crippen LogP contribution in [0.3, 0.4) is 0 Å². The van der Waals surface area contributed by atoms with Gasteiger partial charge in [-0.2, -0.15) is 9.97 Å². The summed E-state index contributed by atoms with van der Waals surface area (Å²) in [5, 5.41) is 0. The van der Waals surface area contributed by atoms with Crippen molar-refractivity contribution in [1.82, 2.24) is 19.9 Å². The molecule has 0 aliphatic carbocycles. The van der Waals surface area contributed by atoms with Crippen molar-refractivity contribution in [2.24, 2.45) is 0 Å². The zero-order valence-electron chi connectivity index (χ0n) is 14.1. The number of morpholine rings is 1. The number of rotatable bonds is 4. The van der Waals surface area contributed by atoms with Crippen LogP contribution in [0.15, 0.2) is 30.3 Å². The van der Waals surface area contributed by atoms with E-state index in [-0.39, 0.29) is 5.95 Å². The van der Waals surface area contributed by atoms with Gasteiger partial charge in [0, 0.05) is 26.2 Å². The van der Waals surface area contributed by atoms with Crippen LogP contribution in [0.4, 0.5) is 17.6 Å². The van der Waals surface area contributed by atoms with E-state index in [0.29, 0.717) is 19.8 Å². The molecule has 1 saturated heterocycles. The van der Waals surface area contributed by atoms with Crippen LogP contribution in [-0.2, 0) is 11.3 Å². The standard InChI is InChI=1S/C17H21N7O/c1-23(11-14-19-12-4-2-3-5-13(12)20-14)15-10-16(22-17(18)21-15)24-6-8-25-9-7-24/h2-5,10H,6-9,11H2,1H3,(H,19,20)(H2,18,21,22). The zero-order chi connectivity index (χ0) is 17.2. The predicted molar refractivity (Wildman–Crippen MR) is 97.7 cm³/mol. The van der Waals surface area contributed by atoms with Crippen molar-refractivity contribution >= 4 is 28.6 Å². The lowest BCUT2D eigenvalue weighted by molar-refractivity contribution is 0.122. The third-order valence-corrected chi connectivity index (χ3v) is 4.27. The fourth-order valence-corrected chi connectivity index (χ4v) is 2.98. The van der Waals surface area contributed by atoms with Crippen molar-refractivity contribution in [3.63, 3.8) is 0 Å². The second-order valence-electron chi connectivity index (χ2n) is 6.10. The molecule has 0 unspecified atom stereocenters. The first-order valence-electron chi connectivity index (χ1n) is 8.31. The number of imidazole rings is 1. The Morgan fingerprint density at radius 1 is 1.20 bits per heavy atom. The molecule has 8 heteroatoms. The average molecular weight is 339 g/mol. The van der Waals surface area contributed by atoms with Crippen molar-refractivity contribution < 1.29 is 4.74 Å². The van der Waals surface area contributed by atoms with Crippen LogP contribution < -0.4 is 15.5 Å². The van der Waals surface area contributed by atoms with Crippen molar-refractivity contribution in [2.45, 2.75) is 6.54 Å². The number of nitrogens with zero attached hydrogens (tertiary/aromatic N) is 5. The number of nitrogen functional groups attached to an aromatic ring is 1. The summed E-state index contributed by atoms with van der Waals surface area (Å²) in [4.78, 5) is 20.9. The van der Waals surface area contributed by atoms with Gasteiger partial charge >= 0.3 is 0 Å². The Hall–Kier alpha value is -2.87. The minimum atomic E-state index is 0.274. The van der Waals surface area contributed by atoms with Crippen LogP contribution in [0.1, 0.15) is 5.82 Å². The van der Waals surface area contributed by atoms with E-state index in [9.17, 15) is 0 Å². The maximum atomic E-state index is 5.93. The van der Waals surface area contributed by atoms with Gasteiger partial charge in [-0.1, -0.05) is 12.1 Å². The van der Waals surface area contributed by atoms with Gasteiger partial charge in [0.2, 0.25) is 5.95 Å². The predicted octanol–water partition coefficient (Wildman–Crippen LogP) is 1.41. The molecular weight excluding hydrogens is 318 g/mol. The van der Waals surface area contributed by atoms with Gasteiger partial charge in [0.05, 0.1) is 30.8 Å². The summed E-state index contributed by atoms with van der Waals surface area (Å²) in [6, 6.07) is 9.95. The first-order valence-corrected chi connectivity index (χ1v) is 8.31. The van der Waals surface area contributed by atoms with Crippen LogP contribution in [0, 0.1) is 0 Å². The zero-order valence-corrected chi connectivity index (χ0v) is 14.1. The minimum absolute atomic E-state index is 0.274. The number of para-hydroxylation sites is 2. The molecule has 1 aromatic carbocycles. The van der Waals surface area contributed by atoms with E-state index in [2.05, 4.69) is 24.8 Å². The molecule has 25 heavy (non-hydrogen) atoms. The Balaban J connectivity index is 1.56. The number of ether oxygens (including phenoxy) is 1. The van der Waals surface area contributed by atoms with Crippen LogP contribution in [0.2, 0.25) is 0 Å². The third kappa shape index (κ3) is 3.34. The van der Waals surface area contributed by atoms with E-state index in [1.807, 2.05) is 42.3 Å². The lowest BCUT2D eigenvalue weighted by atomic mass is 10.3. The number of nitrogens with two attached hydrogens (primary N) is 1. The maximum Gasteiger partial charge on any atom is 0.223 e. The Labute approximate surface area is 145 Å². The third-order valence-electron chi connectivity index (χ3n) is 4.27. The molecule has 1 aliphatic heterocycles. The molecule has 3 aromatic rings. The molecule has 0 amide bonds. The summed E-state index contributed by atoms with van der Waals surface area (Å²) in [6.07, 6.45) is 0. The van der Waals surface area contributed by atoms with E-state index in [0.717, 1.165) is 41.6 Å². The lowest BCUT2D eigenvalue weighted by Gasteiger charge is -2.28. The first-order chi connectivity index (χ1) is 12.2. The van der Waals surface area contributed by atoms with Gasteiger partial charge in [0.15, 0.2) is 0 Å². The van der Waals surface area contributed by atoms with Crippen LogP contribution in [-0.4, -0.2) is 53.3 Å². The average Bonchev–Trinajstić information content (AvgIpc) is 3.04. The van der Waals surface area contributed by atoms with Gasteiger partial charge in [-0.3, -0.25) is 0 Å². The molecule has 2 aromatic heterocycles. The molecule has 0 atom stereocenters. The van der Waals surface area contributed by atoms with Crippen LogP contribution in [0.5, 0.6) is 0 Å². The summed E-state index contributed by atoms with van der Waals surface area (Å²) < 4.78 is 5.40. The summed E-state index contributed by atoms with van der Waals surface area (Å²) >= 11 is 0. The molecule has 0 saturated carbocycles.